The normalized spacial score (nSPS) is 12.2. The molecular formula is C31H34P2. The molecule has 4 rings (SSSR count). The van der Waals surface area contributed by atoms with Gasteiger partial charge in [0, 0.05) is 0 Å². The van der Waals surface area contributed by atoms with Crippen LogP contribution < -0.4 is 21.2 Å². The van der Waals surface area contributed by atoms with Gasteiger partial charge in [-0.05, 0) is 61.7 Å². The van der Waals surface area contributed by atoms with Gasteiger partial charge in [0.15, 0.2) is 0 Å². The van der Waals surface area contributed by atoms with Crippen LogP contribution in [0.5, 0.6) is 0 Å². The summed E-state index contributed by atoms with van der Waals surface area (Å²) in [5, 5.41) is 6.03. The first kappa shape index (κ1) is 23.9. The van der Waals surface area contributed by atoms with Gasteiger partial charge in [0.05, 0.1) is 0 Å². The van der Waals surface area contributed by atoms with Crippen molar-refractivity contribution in [2.75, 3.05) is 6.16 Å². The van der Waals surface area contributed by atoms with Crippen LogP contribution in [0.25, 0.3) is 0 Å². The van der Waals surface area contributed by atoms with Gasteiger partial charge in [-0.3, -0.25) is 0 Å². The Morgan fingerprint density at radius 2 is 0.909 bits per heavy atom. The van der Waals surface area contributed by atoms with Gasteiger partial charge in [-0.1, -0.05) is 141 Å². The molecule has 1 unspecified atom stereocenters. The molecule has 1 atom stereocenters. The molecule has 2 heteroatoms. The van der Waals surface area contributed by atoms with Crippen molar-refractivity contribution in [3.8, 4) is 0 Å². The van der Waals surface area contributed by atoms with Gasteiger partial charge in [0.1, 0.15) is 0 Å². The molecular weight excluding hydrogens is 434 g/mol. The van der Waals surface area contributed by atoms with E-state index in [1.54, 1.807) is 0 Å². The van der Waals surface area contributed by atoms with Crippen LogP contribution in [-0.2, 0) is 0 Å². The molecule has 0 fully saturated rings. The van der Waals surface area contributed by atoms with Crippen molar-refractivity contribution < 1.29 is 0 Å². The van der Waals surface area contributed by atoms with Crippen molar-refractivity contribution in [3.63, 3.8) is 0 Å². The van der Waals surface area contributed by atoms with E-state index in [1.165, 1.54) is 53.1 Å². The van der Waals surface area contributed by atoms with Gasteiger partial charge >= 0.3 is 0 Å². The second kappa shape index (κ2) is 12.8. The van der Waals surface area contributed by atoms with Gasteiger partial charge in [0.25, 0.3) is 0 Å². The molecule has 0 heterocycles. The van der Waals surface area contributed by atoms with Crippen LogP contribution in [0.3, 0.4) is 0 Å². The zero-order valence-electron chi connectivity index (χ0n) is 19.6. The standard InChI is InChI=1S/C31H34P2/c1-2-3-16-31(33(29-21-12-6-13-22-29)30-23-14-7-15-24-30)25-26-32(27-17-8-4-9-18-27)28-19-10-5-11-20-28/h4-15,17-24,31H,2-3,16,25-26H2,1H3. The number of hydrogen-bond acceptors (Lipinski definition) is 0. The summed E-state index contributed by atoms with van der Waals surface area (Å²) >= 11 is 0. The third-order valence-corrected chi connectivity index (χ3v) is 11.7. The smallest absolute Gasteiger partial charge is 0.0125 e. The SMILES string of the molecule is CCCCC(CCP(c1ccccc1)c1ccccc1)P(c1ccccc1)c1ccccc1. The zero-order valence-corrected chi connectivity index (χ0v) is 21.3. The van der Waals surface area contributed by atoms with E-state index in [0.29, 0.717) is 5.66 Å². The highest BCUT2D eigenvalue weighted by molar-refractivity contribution is 7.74. The van der Waals surface area contributed by atoms with Gasteiger partial charge in [-0.25, -0.2) is 0 Å². The first-order valence-corrected chi connectivity index (χ1v) is 15.1. The lowest BCUT2D eigenvalue weighted by Gasteiger charge is -2.30. The zero-order chi connectivity index (χ0) is 22.7. The molecule has 0 bridgehead atoms. The highest BCUT2D eigenvalue weighted by Gasteiger charge is 2.26. The third kappa shape index (κ3) is 6.63. The monoisotopic (exact) mass is 468 g/mol. The van der Waals surface area contributed by atoms with Crippen molar-refractivity contribution >= 4 is 37.1 Å². The van der Waals surface area contributed by atoms with Gasteiger partial charge in [0.2, 0.25) is 0 Å². The highest BCUT2D eigenvalue weighted by Crippen LogP contribution is 2.46. The number of unbranched alkanes of at least 4 members (excludes halogenated alkanes) is 1. The summed E-state index contributed by atoms with van der Waals surface area (Å²) in [6.45, 7) is 2.32. The first-order valence-electron chi connectivity index (χ1n) is 12.1. The Hall–Kier alpha value is -2.26. The molecule has 0 nitrogen and oxygen atoms in total. The quantitative estimate of drug-likeness (QED) is 0.204. The predicted octanol–water partition coefficient (Wildman–Crippen LogP) is 7.20. The van der Waals surface area contributed by atoms with Crippen molar-refractivity contribution in [1.29, 1.82) is 0 Å². The van der Waals surface area contributed by atoms with Crippen LogP contribution in [0, 0.1) is 0 Å². The highest BCUT2D eigenvalue weighted by atomic mass is 31.1. The second-order valence-corrected chi connectivity index (χ2v) is 13.3. The van der Waals surface area contributed by atoms with Crippen molar-refractivity contribution in [3.05, 3.63) is 121 Å². The molecule has 33 heavy (non-hydrogen) atoms. The Labute approximate surface area is 202 Å². The summed E-state index contributed by atoms with van der Waals surface area (Å²) in [5.41, 5.74) is 0.696. The lowest BCUT2D eigenvalue weighted by molar-refractivity contribution is 0.668. The summed E-state index contributed by atoms with van der Waals surface area (Å²) in [5.74, 6) is 0. The van der Waals surface area contributed by atoms with E-state index < -0.39 is 0 Å². The Bertz CT molecular complexity index is 970. The van der Waals surface area contributed by atoms with Crippen LogP contribution in [-0.4, -0.2) is 11.8 Å². The summed E-state index contributed by atoms with van der Waals surface area (Å²) < 4.78 is 0. The fraction of sp³-hybridized carbons (Fsp3) is 0.226. The molecule has 0 aliphatic heterocycles. The largest absolute Gasteiger partial charge is 0.0654 e. The Morgan fingerprint density at radius 1 is 0.515 bits per heavy atom. The molecule has 0 saturated heterocycles. The maximum absolute atomic E-state index is 2.36. The lowest BCUT2D eigenvalue weighted by Crippen LogP contribution is -2.24. The van der Waals surface area contributed by atoms with Gasteiger partial charge in [-0.15, -0.1) is 0 Å². The van der Waals surface area contributed by atoms with Crippen molar-refractivity contribution in [2.24, 2.45) is 0 Å². The molecule has 4 aromatic rings. The summed E-state index contributed by atoms with van der Waals surface area (Å²) in [4.78, 5) is 0. The minimum atomic E-state index is -0.384. The lowest BCUT2D eigenvalue weighted by atomic mass is 10.2. The van der Waals surface area contributed by atoms with E-state index in [1.807, 2.05) is 0 Å². The van der Waals surface area contributed by atoms with E-state index in [0.717, 1.165) is 0 Å². The Kier molecular flexibility index (Phi) is 9.29. The maximum atomic E-state index is 2.36. The molecule has 0 aliphatic rings. The molecule has 0 radical (unpaired) electrons. The Morgan fingerprint density at radius 3 is 1.30 bits per heavy atom. The minimum Gasteiger partial charge on any atom is -0.0654 e. The molecule has 0 aromatic heterocycles. The third-order valence-electron chi connectivity index (χ3n) is 6.15. The average Bonchev–Trinajstić information content (AvgIpc) is 2.89. The first-order chi connectivity index (χ1) is 16.4. The van der Waals surface area contributed by atoms with Crippen LogP contribution in [0.1, 0.15) is 32.6 Å². The van der Waals surface area contributed by atoms with Crippen LogP contribution in [0.15, 0.2) is 121 Å². The van der Waals surface area contributed by atoms with Crippen molar-refractivity contribution in [1.82, 2.24) is 0 Å². The van der Waals surface area contributed by atoms with E-state index in [2.05, 4.69) is 128 Å². The summed E-state index contributed by atoms with van der Waals surface area (Å²) in [6.07, 6.45) is 6.38. The van der Waals surface area contributed by atoms with E-state index >= 15 is 0 Å². The van der Waals surface area contributed by atoms with E-state index in [9.17, 15) is 0 Å². The van der Waals surface area contributed by atoms with E-state index in [-0.39, 0.29) is 15.8 Å². The van der Waals surface area contributed by atoms with Gasteiger partial charge in [-0.2, -0.15) is 0 Å². The van der Waals surface area contributed by atoms with Crippen molar-refractivity contribution in [2.45, 2.75) is 38.3 Å². The molecule has 4 aromatic carbocycles. The second-order valence-electron chi connectivity index (χ2n) is 8.45. The Balaban J connectivity index is 1.65. The molecule has 0 N–H and O–H groups in total. The molecule has 168 valence electrons. The summed E-state index contributed by atoms with van der Waals surface area (Å²) in [6, 6.07) is 45.0. The van der Waals surface area contributed by atoms with Crippen LogP contribution in [0.2, 0.25) is 0 Å². The van der Waals surface area contributed by atoms with E-state index in [4.69, 9.17) is 0 Å². The van der Waals surface area contributed by atoms with Gasteiger partial charge < -0.3 is 0 Å². The number of hydrogen-bond donors (Lipinski definition) is 0. The maximum Gasteiger partial charge on any atom is -0.0125 e. The molecule has 0 spiro atoms. The fourth-order valence-electron chi connectivity index (χ4n) is 4.49. The van der Waals surface area contributed by atoms with Crippen LogP contribution >= 0.6 is 15.8 Å². The molecule has 0 saturated carbocycles. The van der Waals surface area contributed by atoms with Crippen LogP contribution in [0.4, 0.5) is 0 Å². The summed E-state index contributed by atoms with van der Waals surface area (Å²) in [7, 11) is -0.735. The topological polar surface area (TPSA) is 0 Å². The number of benzene rings is 4. The minimum absolute atomic E-state index is 0.351. The average molecular weight is 469 g/mol. The number of rotatable bonds is 11. The molecule has 0 amide bonds. The predicted molar refractivity (Wildman–Crippen MR) is 151 cm³/mol. The molecule has 0 aliphatic carbocycles. The fourth-order valence-corrected chi connectivity index (χ4v) is 10.1.